The first-order valence-electron chi connectivity index (χ1n) is 7.97. The number of para-hydroxylation sites is 2. The van der Waals surface area contributed by atoms with E-state index in [2.05, 4.69) is 9.97 Å². The van der Waals surface area contributed by atoms with Crippen molar-refractivity contribution >= 4 is 44.4 Å². The standard InChI is InChI=1S/C19H12N4OS2/c24-17-15-16(12-6-2-1-3-7-12)26-19(22-18-20-10-11-25-18)23(15)14-9-5-4-8-13(14)21-17/h1-11H,(H,21,24)/b22-19-. The van der Waals surface area contributed by atoms with Gasteiger partial charge in [-0.1, -0.05) is 53.8 Å². The lowest BCUT2D eigenvalue weighted by atomic mass is 10.2. The monoisotopic (exact) mass is 376 g/mol. The first kappa shape index (κ1) is 15.2. The van der Waals surface area contributed by atoms with Crippen LogP contribution in [-0.4, -0.2) is 14.4 Å². The maximum Gasteiger partial charge on any atom is 0.274 e. The molecule has 0 radical (unpaired) electrons. The summed E-state index contributed by atoms with van der Waals surface area (Å²) in [5.41, 5.74) is 3.17. The summed E-state index contributed by atoms with van der Waals surface area (Å²) in [6.45, 7) is 0. The number of hydrogen-bond donors (Lipinski definition) is 1. The Morgan fingerprint density at radius 2 is 1.85 bits per heavy atom. The summed E-state index contributed by atoms with van der Waals surface area (Å²) in [7, 11) is 0. The van der Waals surface area contributed by atoms with Crippen LogP contribution in [0.5, 0.6) is 0 Å². The van der Waals surface area contributed by atoms with Gasteiger partial charge in [-0.2, -0.15) is 4.99 Å². The van der Waals surface area contributed by atoms with Gasteiger partial charge in [-0.25, -0.2) is 4.98 Å². The van der Waals surface area contributed by atoms with Crippen molar-refractivity contribution in [2.75, 3.05) is 0 Å². The zero-order valence-corrected chi connectivity index (χ0v) is 15.1. The van der Waals surface area contributed by atoms with Crippen molar-refractivity contribution in [1.29, 1.82) is 0 Å². The van der Waals surface area contributed by atoms with Crippen LogP contribution in [0.25, 0.3) is 27.0 Å². The van der Waals surface area contributed by atoms with Crippen molar-refractivity contribution in [3.63, 3.8) is 0 Å². The lowest BCUT2D eigenvalue weighted by Crippen LogP contribution is -2.16. The third-order valence-electron chi connectivity index (χ3n) is 4.08. The second-order valence-corrected chi connectivity index (χ2v) is 7.51. The van der Waals surface area contributed by atoms with Crippen molar-refractivity contribution in [1.82, 2.24) is 14.4 Å². The first-order chi connectivity index (χ1) is 12.8. The molecule has 0 unspecified atom stereocenters. The van der Waals surface area contributed by atoms with E-state index in [0.29, 0.717) is 10.6 Å². The summed E-state index contributed by atoms with van der Waals surface area (Å²) in [5.74, 6) is 0. The molecule has 5 nitrogen and oxygen atoms in total. The molecule has 0 atom stereocenters. The van der Waals surface area contributed by atoms with Crippen LogP contribution in [0.3, 0.4) is 0 Å². The van der Waals surface area contributed by atoms with Gasteiger partial charge in [0.25, 0.3) is 5.56 Å². The molecule has 0 aliphatic carbocycles. The molecule has 0 saturated carbocycles. The predicted octanol–water partition coefficient (Wildman–Crippen LogP) is 4.20. The second-order valence-electron chi connectivity index (χ2n) is 5.66. The fourth-order valence-electron chi connectivity index (χ4n) is 2.98. The molecule has 7 heteroatoms. The van der Waals surface area contributed by atoms with E-state index in [1.54, 1.807) is 6.20 Å². The molecule has 0 saturated heterocycles. The van der Waals surface area contributed by atoms with Crippen molar-refractivity contribution in [3.05, 3.63) is 81.3 Å². The smallest absolute Gasteiger partial charge is 0.274 e. The number of benzene rings is 2. The van der Waals surface area contributed by atoms with Crippen molar-refractivity contribution < 1.29 is 0 Å². The third-order valence-corrected chi connectivity index (χ3v) is 5.83. The average molecular weight is 376 g/mol. The van der Waals surface area contributed by atoms with Crippen molar-refractivity contribution in [3.8, 4) is 10.4 Å². The summed E-state index contributed by atoms with van der Waals surface area (Å²) in [4.78, 5) is 26.5. The van der Waals surface area contributed by atoms with Gasteiger partial charge in [0.15, 0.2) is 4.80 Å². The summed E-state index contributed by atoms with van der Waals surface area (Å²) in [5, 5.41) is 2.56. The SMILES string of the molecule is O=c1[nH]c2ccccc2n2/c(=N/c3nccs3)sc(-c3ccccc3)c12. The lowest BCUT2D eigenvalue weighted by Gasteiger charge is -2.03. The number of aromatic amines is 1. The van der Waals surface area contributed by atoms with Crippen molar-refractivity contribution in [2.24, 2.45) is 4.99 Å². The molecular weight excluding hydrogens is 364 g/mol. The predicted molar refractivity (Wildman–Crippen MR) is 106 cm³/mol. The Labute approximate surface area is 155 Å². The average Bonchev–Trinajstić information content (AvgIpc) is 3.31. The molecule has 126 valence electrons. The van der Waals surface area contributed by atoms with Gasteiger partial charge in [0.1, 0.15) is 5.52 Å². The van der Waals surface area contributed by atoms with Crippen LogP contribution >= 0.6 is 22.7 Å². The number of nitrogens with zero attached hydrogens (tertiary/aromatic N) is 3. The molecule has 0 bridgehead atoms. The molecule has 3 aromatic heterocycles. The van der Waals surface area contributed by atoms with E-state index in [9.17, 15) is 4.79 Å². The summed E-state index contributed by atoms with van der Waals surface area (Å²) >= 11 is 2.97. The molecule has 2 aromatic carbocycles. The zero-order valence-electron chi connectivity index (χ0n) is 13.4. The van der Waals surface area contributed by atoms with E-state index < -0.39 is 0 Å². The summed E-state index contributed by atoms with van der Waals surface area (Å²) < 4.78 is 1.93. The van der Waals surface area contributed by atoms with E-state index in [1.807, 2.05) is 64.4 Å². The highest BCUT2D eigenvalue weighted by atomic mass is 32.1. The molecule has 0 aliphatic rings. The Bertz CT molecular complexity index is 1350. The van der Waals surface area contributed by atoms with Gasteiger partial charge < -0.3 is 4.98 Å². The van der Waals surface area contributed by atoms with Crippen LogP contribution < -0.4 is 10.4 Å². The van der Waals surface area contributed by atoms with E-state index in [-0.39, 0.29) is 5.56 Å². The Kier molecular flexibility index (Phi) is 3.55. The van der Waals surface area contributed by atoms with E-state index in [1.165, 1.54) is 22.7 Å². The highest BCUT2D eigenvalue weighted by Crippen LogP contribution is 2.28. The Hall–Kier alpha value is -3.03. The molecular formula is C19H12N4OS2. The third kappa shape index (κ3) is 2.40. The molecule has 0 fully saturated rings. The van der Waals surface area contributed by atoms with Gasteiger partial charge in [-0.3, -0.25) is 9.20 Å². The fourth-order valence-corrected chi connectivity index (χ4v) is 4.67. The summed E-state index contributed by atoms with van der Waals surface area (Å²) in [6.07, 6.45) is 1.73. The first-order valence-corrected chi connectivity index (χ1v) is 9.67. The molecule has 5 rings (SSSR count). The quantitative estimate of drug-likeness (QED) is 0.502. The molecule has 0 amide bonds. The minimum Gasteiger partial charge on any atom is -0.319 e. The van der Waals surface area contributed by atoms with Crippen LogP contribution in [0.4, 0.5) is 5.13 Å². The highest BCUT2D eigenvalue weighted by Gasteiger charge is 2.15. The molecule has 0 spiro atoms. The number of hydrogen-bond acceptors (Lipinski definition) is 5. The van der Waals surface area contributed by atoms with Gasteiger partial charge in [0.2, 0.25) is 5.13 Å². The van der Waals surface area contributed by atoms with Crippen LogP contribution in [-0.2, 0) is 0 Å². The van der Waals surface area contributed by atoms with Gasteiger partial charge in [-0.15, -0.1) is 11.3 Å². The maximum atomic E-state index is 12.9. The van der Waals surface area contributed by atoms with Gasteiger partial charge >= 0.3 is 0 Å². The number of thiazole rings is 2. The topological polar surface area (TPSA) is 62.5 Å². The highest BCUT2D eigenvalue weighted by molar-refractivity contribution is 7.14. The molecule has 26 heavy (non-hydrogen) atoms. The normalized spacial score (nSPS) is 12.2. The van der Waals surface area contributed by atoms with E-state index in [4.69, 9.17) is 4.99 Å². The van der Waals surface area contributed by atoms with Gasteiger partial charge in [-0.05, 0) is 17.7 Å². The van der Waals surface area contributed by atoms with Gasteiger partial charge in [0.05, 0.1) is 15.9 Å². The zero-order chi connectivity index (χ0) is 17.5. The van der Waals surface area contributed by atoms with Crippen LogP contribution in [0.2, 0.25) is 0 Å². The molecule has 1 N–H and O–H groups in total. The van der Waals surface area contributed by atoms with Crippen LogP contribution in [0.1, 0.15) is 0 Å². The number of rotatable bonds is 2. The number of H-pyrrole nitrogens is 1. The minimum atomic E-state index is -0.126. The molecule has 0 aliphatic heterocycles. The largest absolute Gasteiger partial charge is 0.319 e. The Morgan fingerprint density at radius 1 is 1.04 bits per heavy atom. The van der Waals surface area contributed by atoms with Gasteiger partial charge in [0, 0.05) is 11.6 Å². The number of nitrogens with one attached hydrogen (secondary N) is 1. The summed E-state index contributed by atoms with van der Waals surface area (Å²) in [6, 6.07) is 17.7. The minimum absolute atomic E-state index is 0.126. The lowest BCUT2D eigenvalue weighted by molar-refractivity contribution is 1.11. The van der Waals surface area contributed by atoms with E-state index >= 15 is 0 Å². The Balaban J connectivity index is 2.00. The maximum absolute atomic E-state index is 12.9. The Morgan fingerprint density at radius 3 is 2.65 bits per heavy atom. The molecule has 5 aromatic rings. The number of fused-ring (bicyclic) bond motifs is 3. The van der Waals surface area contributed by atoms with Crippen LogP contribution in [0, 0.1) is 0 Å². The fraction of sp³-hybridized carbons (Fsp3) is 0. The van der Waals surface area contributed by atoms with Crippen molar-refractivity contribution in [2.45, 2.75) is 0 Å². The van der Waals surface area contributed by atoms with Crippen LogP contribution in [0.15, 0.2) is 76.0 Å². The second kappa shape index (κ2) is 6.05. The van der Waals surface area contributed by atoms with E-state index in [0.717, 1.165) is 26.3 Å². The number of aromatic nitrogens is 3. The molecule has 3 heterocycles.